The Bertz CT molecular complexity index is 750. The van der Waals surface area contributed by atoms with Gasteiger partial charge in [0.05, 0.1) is 21.8 Å². The second kappa shape index (κ2) is 7.20. The van der Waals surface area contributed by atoms with Gasteiger partial charge in [0, 0.05) is 30.9 Å². The van der Waals surface area contributed by atoms with Crippen LogP contribution in [0, 0.1) is 18.3 Å². The van der Waals surface area contributed by atoms with E-state index in [0.29, 0.717) is 5.92 Å². The van der Waals surface area contributed by atoms with E-state index in [0.717, 1.165) is 54.3 Å². The third kappa shape index (κ3) is 4.06. The Hall–Kier alpha value is -1.82. The Kier molecular flexibility index (Phi) is 5.18. The van der Waals surface area contributed by atoms with E-state index in [1.807, 2.05) is 38.1 Å². The average molecular weight is 359 g/mol. The van der Waals surface area contributed by atoms with Gasteiger partial charge in [0.1, 0.15) is 5.69 Å². The summed E-state index contributed by atoms with van der Waals surface area (Å²) in [5, 5.41) is 0. The Morgan fingerprint density at radius 2 is 2.04 bits per heavy atom. The number of thiazole rings is 1. The van der Waals surface area contributed by atoms with Crippen molar-refractivity contribution in [2.24, 2.45) is 11.3 Å². The Balaban J connectivity index is 1.77. The molecule has 2 aromatic heterocycles. The zero-order valence-corrected chi connectivity index (χ0v) is 16.3. The summed E-state index contributed by atoms with van der Waals surface area (Å²) in [4.78, 5) is 29.2. The molecule has 1 saturated heterocycles. The fourth-order valence-electron chi connectivity index (χ4n) is 3.40. The molecule has 1 aliphatic heterocycles. The zero-order valence-electron chi connectivity index (χ0n) is 15.5. The predicted molar refractivity (Wildman–Crippen MR) is 100 cm³/mol. The molecular formula is C19H26N4OS. The lowest BCUT2D eigenvalue weighted by Crippen LogP contribution is -2.45. The fraction of sp³-hybridized carbons (Fsp3) is 0.579. The molecule has 0 N–H and O–H groups in total. The van der Waals surface area contributed by atoms with Crippen molar-refractivity contribution in [3.8, 4) is 10.6 Å². The maximum Gasteiger partial charge on any atom is 0.227 e. The highest BCUT2D eigenvalue weighted by atomic mass is 32.1. The number of hydrogen-bond acceptors (Lipinski definition) is 5. The van der Waals surface area contributed by atoms with Crippen molar-refractivity contribution in [1.82, 2.24) is 19.9 Å². The molecule has 3 rings (SSSR count). The maximum atomic E-state index is 12.6. The van der Waals surface area contributed by atoms with Gasteiger partial charge in [0.25, 0.3) is 0 Å². The molecule has 0 bridgehead atoms. The quantitative estimate of drug-likeness (QED) is 0.839. The van der Waals surface area contributed by atoms with Crippen LogP contribution < -0.4 is 0 Å². The van der Waals surface area contributed by atoms with Crippen LogP contribution in [-0.2, 0) is 11.2 Å². The topological polar surface area (TPSA) is 59.0 Å². The van der Waals surface area contributed by atoms with E-state index < -0.39 is 0 Å². The van der Waals surface area contributed by atoms with Gasteiger partial charge in [-0.3, -0.25) is 14.8 Å². The van der Waals surface area contributed by atoms with Gasteiger partial charge in [-0.2, -0.15) is 0 Å². The molecule has 1 aliphatic rings. The van der Waals surface area contributed by atoms with Gasteiger partial charge in [0.15, 0.2) is 0 Å². The molecular weight excluding hydrogens is 332 g/mol. The molecule has 3 heterocycles. The van der Waals surface area contributed by atoms with E-state index in [4.69, 9.17) is 0 Å². The van der Waals surface area contributed by atoms with Crippen molar-refractivity contribution in [1.29, 1.82) is 0 Å². The summed E-state index contributed by atoms with van der Waals surface area (Å²) >= 11 is 1.61. The molecule has 134 valence electrons. The fourth-order valence-corrected chi connectivity index (χ4v) is 4.22. The number of hydrogen-bond donors (Lipinski definition) is 0. The van der Waals surface area contributed by atoms with Crippen LogP contribution in [0.15, 0.2) is 17.9 Å². The van der Waals surface area contributed by atoms with Gasteiger partial charge in [-0.05, 0) is 32.1 Å². The predicted octanol–water partition coefficient (Wildman–Crippen LogP) is 3.74. The number of nitrogens with zero attached hydrogens (tertiary/aromatic N) is 4. The SMILES string of the molecule is Cc1ncsc1-c1nccnc1CC1CCCN(C(=O)C(C)(C)C)C1. The van der Waals surface area contributed by atoms with E-state index in [-0.39, 0.29) is 11.3 Å². The first-order valence-electron chi connectivity index (χ1n) is 8.86. The molecule has 25 heavy (non-hydrogen) atoms. The number of carbonyl (C=O) groups is 1. The van der Waals surface area contributed by atoms with E-state index in [2.05, 4.69) is 15.0 Å². The van der Waals surface area contributed by atoms with E-state index in [1.165, 1.54) is 0 Å². The number of likely N-dealkylation sites (tertiary alicyclic amines) is 1. The molecule has 0 aromatic carbocycles. The van der Waals surface area contributed by atoms with Gasteiger partial charge in [-0.25, -0.2) is 4.98 Å². The summed E-state index contributed by atoms with van der Waals surface area (Å²) in [6, 6.07) is 0. The normalized spacial score (nSPS) is 18.4. The second-order valence-electron chi connectivity index (χ2n) is 7.83. The lowest BCUT2D eigenvalue weighted by Gasteiger charge is -2.36. The number of rotatable bonds is 3. The third-order valence-corrected chi connectivity index (χ3v) is 5.60. The molecule has 6 heteroatoms. The molecule has 1 fully saturated rings. The Morgan fingerprint density at radius 1 is 1.28 bits per heavy atom. The lowest BCUT2D eigenvalue weighted by molar-refractivity contribution is -0.141. The Morgan fingerprint density at radius 3 is 2.72 bits per heavy atom. The van der Waals surface area contributed by atoms with E-state index in [9.17, 15) is 4.79 Å². The number of piperidine rings is 1. The first-order chi connectivity index (χ1) is 11.9. The van der Waals surface area contributed by atoms with Gasteiger partial charge in [-0.15, -0.1) is 11.3 Å². The Labute approximate surface area is 153 Å². The summed E-state index contributed by atoms with van der Waals surface area (Å²) in [5.41, 5.74) is 4.50. The molecule has 0 saturated carbocycles. The van der Waals surface area contributed by atoms with Crippen LogP contribution in [0.4, 0.5) is 0 Å². The number of aromatic nitrogens is 3. The molecule has 2 aromatic rings. The van der Waals surface area contributed by atoms with Crippen molar-refractivity contribution in [3.63, 3.8) is 0 Å². The highest BCUT2D eigenvalue weighted by Crippen LogP contribution is 2.31. The standard InChI is InChI=1S/C19H26N4OS/c1-13-17(25-12-22-13)16-15(20-7-8-21-16)10-14-6-5-9-23(11-14)18(24)19(2,3)4/h7-8,12,14H,5-6,9-11H2,1-4H3. The minimum Gasteiger partial charge on any atom is -0.342 e. The molecule has 5 nitrogen and oxygen atoms in total. The van der Waals surface area contributed by atoms with Gasteiger partial charge < -0.3 is 4.90 Å². The smallest absolute Gasteiger partial charge is 0.227 e. The summed E-state index contributed by atoms with van der Waals surface area (Å²) in [7, 11) is 0. The van der Waals surface area contributed by atoms with E-state index >= 15 is 0 Å². The van der Waals surface area contributed by atoms with Crippen LogP contribution >= 0.6 is 11.3 Å². The molecule has 1 amide bonds. The summed E-state index contributed by atoms with van der Waals surface area (Å²) < 4.78 is 0. The summed E-state index contributed by atoms with van der Waals surface area (Å²) in [6.45, 7) is 9.67. The second-order valence-corrected chi connectivity index (χ2v) is 8.69. The van der Waals surface area contributed by atoms with Gasteiger partial charge >= 0.3 is 0 Å². The highest BCUT2D eigenvalue weighted by molar-refractivity contribution is 7.13. The minimum absolute atomic E-state index is 0.245. The number of aryl methyl sites for hydroxylation is 1. The first-order valence-corrected chi connectivity index (χ1v) is 9.74. The monoisotopic (exact) mass is 358 g/mol. The minimum atomic E-state index is -0.320. The molecule has 1 unspecified atom stereocenters. The van der Waals surface area contributed by atoms with Crippen molar-refractivity contribution >= 4 is 17.2 Å². The van der Waals surface area contributed by atoms with Crippen LogP contribution in [0.5, 0.6) is 0 Å². The van der Waals surface area contributed by atoms with Crippen molar-refractivity contribution in [3.05, 3.63) is 29.3 Å². The lowest BCUT2D eigenvalue weighted by atomic mass is 9.89. The average Bonchev–Trinajstić information content (AvgIpc) is 3.00. The number of carbonyl (C=O) groups excluding carboxylic acids is 1. The van der Waals surface area contributed by atoms with Gasteiger partial charge in [-0.1, -0.05) is 20.8 Å². The highest BCUT2D eigenvalue weighted by Gasteiger charge is 2.31. The molecule has 0 spiro atoms. The summed E-state index contributed by atoms with van der Waals surface area (Å²) in [5.74, 6) is 0.679. The van der Waals surface area contributed by atoms with Crippen molar-refractivity contribution in [2.45, 2.75) is 47.0 Å². The third-order valence-electron chi connectivity index (χ3n) is 4.66. The van der Waals surface area contributed by atoms with E-state index in [1.54, 1.807) is 23.7 Å². The van der Waals surface area contributed by atoms with Crippen molar-refractivity contribution in [2.75, 3.05) is 13.1 Å². The first kappa shape index (κ1) is 18.0. The van der Waals surface area contributed by atoms with Crippen LogP contribution in [0.2, 0.25) is 0 Å². The molecule has 0 aliphatic carbocycles. The molecule has 0 radical (unpaired) electrons. The number of amides is 1. The van der Waals surface area contributed by atoms with Crippen LogP contribution in [0.3, 0.4) is 0 Å². The zero-order chi connectivity index (χ0) is 18.0. The summed E-state index contributed by atoms with van der Waals surface area (Å²) in [6.07, 6.45) is 6.55. The van der Waals surface area contributed by atoms with Crippen molar-refractivity contribution < 1.29 is 4.79 Å². The molecule has 1 atom stereocenters. The van der Waals surface area contributed by atoms with Crippen LogP contribution in [0.1, 0.15) is 45.0 Å². The van der Waals surface area contributed by atoms with Crippen LogP contribution in [0.25, 0.3) is 10.6 Å². The largest absolute Gasteiger partial charge is 0.342 e. The maximum absolute atomic E-state index is 12.6. The van der Waals surface area contributed by atoms with Crippen LogP contribution in [-0.4, -0.2) is 38.8 Å². The van der Waals surface area contributed by atoms with Gasteiger partial charge in [0.2, 0.25) is 5.91 Å².